The molecule has 1 unspecified atom stereocenters. The van der Waals surface area contributed by atoms with Gasteiger partial charge in [-0.15, -0.1) is 0 Å². The number of methoxy groups -OCH3 is 1. The SMILES string of the molecule is COc1ccc(S(=O)(=O)N2CCCC(C(=O)N(Cc3ccco3)c3nc4c(F)cccc4s3)C2)cc1. The van der Waals surface area contributed by atoms with Crippen LogP contribution in [0, 0.1) is 11.7 Å². The van der Waals surface area contributed by atoms with Crippen molar-refractivity contribution in [1.82, 2.24) is 9.29 Å². The molecule has 36 heavy (non-hydrogen) atoms. The molecule has 8 nitrogen and oxygen atoms in total. The van der Waals surface area contributed by atoms with Gasteiger partial charge in [-0.3, -0.25) is 9.69 Å². The van der Waals surface area contributed by atoms with Crippen LogP contribution in [0.15, 0.2) is 70.2 Å². The van der Waals surface area contributed by atoms with Gasteiger partial charge in [-0.25, -0.2) is 17.8 Å². The van der Waals surface area contributed by atoms with Crippen LogP contribution >= 0.6 is 11.3 Å². The van der Waals surface area contributed by atoms with Gasteiger partial charge in [0.1, 0.15) is 22.8 Å². The second kappa shape index (κ2) is 10.00. The van der Waals surface area contributed by atoms with Gasteiger partial charge >= 0.3 is 0 Å². The Bertz CT molecular complexity index is 1470. The standard InChI is InChI=1S/C25H24FN3O5S2/c1-33-18-9-11-20(12-10-18)36(31,32)28-13-3-5-17(15-28)24(30)29(16-19-6-4-14-34-19)25-27-23-21(26)7-2-8-22(23)35-25/h2,4,6-12,14,17H,3,5,13,15-16H2,1H3. The highest BCUT2D eigenvalue weighted by molar-refractivity contribution is 7.89. The molecule has 1 amide bonds. The number of sulfonamides is 1. The number of hydrogen-bond acceptors (Lipinski definition) is 7. The lowest BCUT2D eigenvalue weighted by Crippen LogP contribution is -2.46. The average Bonchev–Trinajstić information content (AvgIpc) is 3.57. The third kappa shape index (κ3) is 4.73. The molecule has 11 heteroatoms. The summed E-state index contributed by atoms with van der Waals surface area (Å²) in [6, 6.07) is 14.3. The minimum absolute atomic E-state index is 0.0428. The monoisotopic (exact) mass is 529 g/mol. The van der Waals surface area contributed by atoms with E-state index in [9.17, 15) is 17.6 Å². The van der Waals surface area contributed by atoms with E-state index in [1.54, 1.807) is 36.4 Å². The maximum Gasteiger partial charge on any atom is 0.243 e. The Kier molecular flexibility index (Phi) is 6.78. The van der Waals surface area contributed by atoms with Crippen molar-refractivity contribution < 1.29 is 26.8 Å². The van der Waals surface area contributed by atoms with Crippen molar-refractivity contribution in [2.24, 2.45) is 5.92 Å². The Hall–Kier alpha value is -3.28. The van der Waals surface area contributed by atoms with Crippen LogP contribution in [-0.2, 0) is 21.4 Å². The molecular formula is C25H24FN3O5S2. The number of benzene rings is 2. The van der Waals surface area contributed by atoms with Crippen LogP contribution < -0.4 is 9.64 Å². The fraction of sp³-hybridized carbons (Fsp3) is 0.280. The molecule has 188 valence electrons. The van der Waals surface area contributed by atoms with Crippen molar-refractivity contribution in [3.8, 4) is 5.75 Å². The molecule has 0 saturated carbocycles. The van der Waals surface area contributed by atoms with E-state index in [-0.39, 0.29) is 29.4 Å². The number of nitrogens with zero attached hydrogens (tertiary/aromatic N) is 3. The molecule has 0 bridgehead atoms. The number of piperidine rings is 1. The van der Waals surface area contributed by atoms with Crippen LogP contribution in [0.5, 0.6) is 5.75 Å². The third-order valence-corrected chi connectivity index (χ3v) is 9.10. The summed E-state index contributed by atoms with van der Waals surface area (Å²) < 4.78 is 53.5. The lowest BCUT2D eigenvalue weighted by Gasteiger charge is -2.33. The molecule has 0 spiro atoms. The van der Waals surface area contributed by atoms with Gasteiger partial charge in [0.2, 0.25) is 15.9 Å². The van der Waals surface area contributed by atoms with Gasteiger partial charge in [-0.1, -0.05) is 17.4 Å². The van der Waals surface area contributed by atoms with Crippen LogP contribution in [-0.4, -0.2) is 43.8 Å². The van der Waals surface area contributed by atoms with Crippen molar-refractivity contribution in [2.45, 2.75) is 24.3 Å². The highest BCUT2D eigenvalue weighted by Gasteiger charge is 2.36. The summed E-state index contributed by atoms with van der Waals surface area (Å²) in [5, 5.41) is 0.339. The molecule has 1 atom stereocenters. The number of hydrogen-bond donors (Lipinski definition) is 0. The van der Waals surface area contributed by atoms with Gasteiger partial charge in [-0.2, -0.15) is 4.31 Å². The average molecular weight is 530 g/mol. The molecule has 2 aromatic carbocycles. The summed E-state index contributed by atoms with van der Waals surface area (Å²) in [6.45, 7) is 0.471. The van der Waals surface area contributed by atoms with E-state index in [2.05, 4.69) is 4.98 Å². The quantitative estimate of drug-likeness (QED) is 0.345. The van der Waals surface area contributed by atoms with Gasteiger partial charge in [0.05, 0.1) is 35.4 Å². The second-order valence-corrected chi connectivity index (χ2v) is 11.4. The van der Waals surface area contributed by atoms with Crippen molar-refractivity contribution in [1.29, 1.82) is 0 Å². The number of rotatable bonds is 7. The Labute approximate surface area is 212 Å². The first-order valence-electron chi connectivity index (χ1n) is 11.4. The molecule has 1 aliphatic heterocycles. The molecule has 4 aromatic rings. The van der Waals surface area contributed by atoms with Crippen molar-refractivity contribution >= 4 is 42.6 Å². The number of carbonyl (C=O) groups is 1. The Morgan fingerprint density at radius 2 is 2.03 bits per heavy atom. The molecule has 3 heterocycles. The number of aromatic nitrogens is 1. The minimum Gasteiger partial charge on any atom is -0.497 e. The maximum absolute atomic E-state index is 14.3. The molecule has 5 rings (SSSR count). The number of carbonyl (C=O) groups excluding carboxylic acids is 1. The van der Waals surface area contributed by atoms with E-state index >= 15 is 0 Å². The van der Waals surface area contributed by atoms with E-state index in [0.717, 1.165) is 0 Å². The van der Waals surface area contributed by atoms with Gasteiger partial charge in [0.15, 0.2) is 5.13 Å². The predicted molar refractivity (Wildman–Crippen MR) is 134 cm³/mol. The summed E-state index contributed by atoms with van der Waals surface area (Å²) >= 11 is 1.21. The molecule has 1 fully saturated rings. The fourth-order valence-electron chi connectivity index (χ4n) is 4.30. The second-order valence-electron chi connectivity index (χ2n) is 8.46. The number of para-hydroxylation sites is 1. The number of ether oxygens (including phenoxy) is 1. The lowest BCUT2D eigenvalue weighted by atomic mass is 9.98. The van der Waals surface area contributed by atoms with Gasteiger partial charge in [0, 0.05) is 13.1 Å². The summed E-state index contributed by atoms with van der Waals surface area (Å²) in [5.41, 5.74) is 0.196. The summed E-state index contributed by atoms with van der Waals surface area (Å²) in [7, 11) is -2.28. The normalized spacial score (nSPS) is 16.8. The smallest absolute Gasteiger partial charge is 0.243 e. The number of amides is 1. The molecular weight excluding hydrogens is 505 g/mol. The zero-order valence-corrected chi connectivity index (χ0v) is 21.1. The Morgan fingerprint density at radius 3 is 2.72 bits per heavy atom. The van der Waals surface area contributed by atoms with Crippen molar-refractivity contribution in [2.75, 3.05) is 25.1 Å². The van der Waals surface area contributed by atoms with Crippen LogP contribution in [0.4, 0.5) is 9.52 Å². The molecule has 0 aliphatic carbocycles. The zero-order valence-electron chi connectivity index (χ0n) is 19.5. The number of furan rings is 1. The van der Waals surface area contributed by atoms with Crippen LogP contribution in [0.2, 0.25) is 0 Å². The molecule has 2 aromatic heterocycles. The Balaban J connectivity index is 1.43. The topological polar surface area (TPSA) is 93.0 Å². The third-order valence-electron chi connectivity index (χ3n) is 6.18. The highest BCUT2D eigenvalue weighted by Crippen LogP contribution is 2.34. The van der Waals surface area contributed by atoms with Gasteiger partial charge < -0.3 is 9.15 Å². The van der Waals surface area contributed by atoms with E-state index in [1.165, 1.54) is 52.1 Å². The number of thiazole rings is 1. The van der Waals surface area contributed by atoms with E-state index < -0.39 is 21.8 Å². The first kappa shape index (κ1) is 24.4. The number of halogens is 1. The van der Waals surface area contributed by atoms with Crippen LogP contribution in [0.25, 0.3) is 10.2 Å². The van der Waals surface area contributed by atoms with E-state index in [0.29, 0.717) is 40.7 Å². The van der Waals surface area contributed by atoms with Crippen molar-refractivity contribution in [3.05, 3.63) is 72.4 Å². The fourth-order valence-corrected chi connectivity index (χ4v) is 6.80. The van der Waals surface area contributed by atoms with Crippen LogP contribution in [0.3, 0.4) is 0 Å². The lowest BCUT2D eigenvalue weighted by molar-refractivity contribution is -0.123. The maximum atomic E-state index is 14.3. The molecule has 0 N–H and O–H groups in total. The van der Waals surface area contributed by atoms with E-state index in [4.69, 9.17) is 9.15 Å². The molecule has 1 saturated heterocycles. The predicted octanol–water partition coefficient (Wildman–Crippen LogP) is 4.67. The van der Waals surface area contributed by atoms with Crippen LogP contribution in [0.1, 0.15) is 18.6 Å². The molecule has 1 aliphatic rings. The minimum atomic E-state index is -3.79. The number of anilines is 1. The first-order chi connectivity index (χ1) is 17.4. The van der Waals surface area contributed by atoms with Gasteiger partial charge in [-0.05, 0) is 61.4 Å². The first-order valence-corrected chi connectivity index (χ1v) is 13.7. The summed E-state index contributed by atoms with van der Waals surface area (Å²) in [6.07, 6.45) is 2.58. The summed E-state index contributed by atoms with van der Waals surface area (Å²) in [5.74, 6) is -0.225. The molecule has 0 radical (unpaired) electrons. The largest absolute Gasteiger partial charge is 0.497 e. The van der Waals surface area contributed by atoms with Crippen molar-refractivity contribution in [3.63, 3.8) is 0 Å². The Morgan fingerprint density at radius 1 is 1.22 bits per heavy atom. The summed E-state index contributed by atoms with van der Waals surface area (Å²) in [4.78, 5) is 19.8. The highest BCUT2D eigenvalue weighted by atomic mass is 32.2. The number of fused-ring (bicyclic) bond motifs is 1. The van der Waals surface area contributed by atoms with Gasteiger partial charge in [0.25, 0.3) is 0 Å². The van der Waals surface area contributed by atoms with E-state index in [1.807, 2.05) is 0 Å². The zero-order chi connectivity index (χ0) is 25.3.